The Balaban J connectivity index is 1.84. The number of para-hydroxylation sites is 1. The van der Waals surface area contributed by atoms with E-state index >= 15 is 0 Å². The topological polar surface area (TPSA) is 209 Å². The van der Waals surface area contributed by atoms with Crippen molar-refractivity contribution in [2.24, 2.45) is 17.4 Å². The number of hydrogen-bond donors (Lipinski definition) is 7. The van der Waals surface area contributed by atoms with Crippen LogP contribution in [0.2, 0.25) is 0 Å². The summed E-state index contributed by atoms with van der Waals surface area (Å²) in [5.74, 6) is -4.88. The minimum absolute atomic E-state index is 0.0360. The Hall–Kier alpha value is -4.71. The Morgan fingerprint density at radius 3 is 2.07 bits per heavy atom. The number of carbonyl (C=O) groups is 5. The molecule has 0 aliphatic heterocycles. The van der Waals surface area contributed by atoms with Crippen LogP contribution in [0, 0.1) is 5.92 Å². The highest BCUT2D eigenvalue weighted by molar-refractivity contribution is 5.96. The maximum atomic E-state index is 13.5. The highest BCUT2D eigenvalue weighted by Gasteiger charge is 2.32. The minimum atomic E-state index is -1.47. The molecule has 0 aliphatic rings. The molecule has 12 heteroatoms. The van der Waals surface area contributed by atoms with Crippen molar-refractivity contribution in [3.8, 4) is 0 Å². The molecule has 41 heavy (non-hydrogen) atoms. The van der Waals surface area contributed by atoms with Crippen molar-refractivity contribution in [2.45, 2.75) is 57.3 Å². The van der Waals surface area contributed by atoms with E-state index in [1.54, 1.807) is 20.0 Å². The number of benzene rings is 2. The molecule has 3 aromatic rings. The lowest BCUT2D eigenvalue weighted by molar-refractivity contribution is -0.143. The summed E-state index contributed by atoms with van der Waals surface area (Å²) in [5, 5.41) is 17.8. The van der Waals surface area contributed by atoms with Gasteiger partial charge in [-0.2, -0.15) is 0 Å². The summed E-state index contributed by atoms with van der Waals surface area (Å²) in [6.45, 7) is 3.21. The van der Waals surface area contributed by atoms with Gasteiger partial charge in [-0.3, -0.25) is 19.2 Å². The summed E-state index contributed by atoms with van der Waals surface area (Å²) in [6.07, 6.45) is 1.40. The van der Waals surface area contributed by atoms with Gasteiger partial charge in [0.15, 0.2) is 0 Å². The first-order chi connectivity index (χ1) is 19.5. The predicted molar refractivity (Wildman–Crippen MR) is 152 cm³/mol. The Labute approximate surface area is 237 Å². The first-order valence-corrected chi connectivity index (χ1v) is 13.2. The normalized spacial score (nSPS) is 14.0. The van der Waals surface area contributed by atoms with Crippen LogP contribution in [0.25, 0.3) is 10.9 Å². The van der Waals surface area contributed by atoms with E-state index in [2.05, 4.69) is 20.9 Å². The first kappa shape index (κ1) is 30.8. The summed E-state index contributed by atoms with van der Waals surface area (Å²) >= 11 is 0. The van der Waals surface area contributed by atoms with Crippen molar-refractivity contribution >= 4 is 40.5 Å². The van der Waals surface area contributed by atoms with Crippen LogP contribution in [0.5, 0.6) is 0 Å². The highest BCUT2D eigenvalue weighted by Crippen LogP contribution is 2.19. The number of aromatic nitrogens is 1. The number of aliphatic carboxylic acids is 1. The molecule has 0 aliphatic carbocycles. The molecule has 1 heterocycles. The smallest absolute Gasteiger partial charge is 0.326 e. The molecule has 0 fully saturated rings. The number of nitrogens with two attached hydrogens (primary N) is 2. The van der Waals surface area contributed by atoms with E-state index in [-0.39, 0.29) is 12.8 Å². The molecule has 9 N–H and O–H groups in total. The van der Waals surface area contributed by atoms with Crippen molar-refractivity contribution in [1.29, 1.82) is 0 Å². The largest absolute Gasteiger partial charge is 0.480 e. The summed E-state index contributed by atoms with van der Waals surface area (Å²) in [4.78, 5) is 66.1. The van der Waals surface area contributed by atoms with E-state index in [0.717, 1.165) is 22.0 Å². The van der Waals surface area contributed by atoms with Gasteiger partial charge in [-0.1, -0.05) is 62.4 Å². The Morgan fingerprint density at radius 2 is 1.44 bits per heavy atom. The second-order valence-electron chi connectivity index (χ2n) is 10.2. The zero-order valence-corrected chi connectivity index (χ0v) is 22.9. The number of fused-ring (bicyclic) bond motifs is 1. The van der Waals surface area contributed by atoms with Gasteiger partial charge in [-0.05, 0) is 29.5 Å². The zero-order chi connectivity index (χ0) is 30.1. The predicted octanol–water partition coefficient (Wildman–Crippen LogP) is 0.351. The standard InChI is InChI=1S/C29H36N6O6/c1-16(2)25(29(40)41)35-28(39)23(14-24(31)36)34-27(38)22(13-18-15-32-21-11-7-6-10-19(18)21)33-26(37)20(30)12-17-8-4-3-5-9-17/h3-11,15-16,20,22-23,25,32H,12-14,30H2,1-2H3,(H2,31,36)(H,33,37)(H,34,38)(H,35,39)(H,40,41). The van der Waals surface area contributed by atoms with Crippen LogP contribution in [0.1, 0.15) is 31.4 Å². The van der Waals surface area contributed by atoms with Crippen LogP contribution in [-0.2, 0) is 36.8 Å². The van der Waals surface area contributed by atoms with E-state index in [4.69, 9.17) is 11.5 Å². The molecule has 0 bridgehead atoms. The van der Waals surface area contributed by atoms with Crippen LogP contribution in [0.15, 0.2) is 60.8 Å². The molecule has 0 saturated carbocycles. The molecule has 218 valence electrons. The van der Waals surface area contributed by atoms with Crippen LogP contribution >= 0.6 is 0 Å². The average molecular weight is 565 g/mol. The van der Waals surface area contributed by atoms with Gasteiger partial charge in [-0.25, -0.2) is 4.79 Å². The van der Waals surface area contributed by atoms with Crippen LogP contribution in [0.3, 0.4) is 0 Å². The first-order valence-electron chi connectivity index (χ1n) is 13.2. The fraction of sp³-hybridized carbons (Fsp3) is 0.345. The van der Waals surface area contributed by atoms with Gasteiger partial charge in [0, 0.05) is 23.5 Å². The van der Waals surface area contributed by atoms with Crippen molar-refractivity contribution in [3.63, 3.8) is 0 Å². The van der Waals surface area contributed by atoms with Gasteiger partial charge in [0.05, 0.1) is 12.5 Å². The highest BCUT2D eigenvalue weighted by atomic mass is 16.4. The van der Waals surface area contributed by atoms with Crippen molar-refractivity contribution in [3.05, 3.63) is 71.9 Å². The molecule has 1 aromatic heterocycles. The molecular weight excluding hydrogens is 528 g/mol. The lowest BCUT2D eigenvalue weighted by Crippen LogP contribution is -2.58. The second kappa shape index (κ2) is 14.1. The number of carboxylic acid groups (broad SMARTS) is 1. The molecule has 0 saturated heterocycles. The molecule has 0 spiro atoms. The summed E-state index contributed by atoms with van der Waals surface area (Å²) < 4.78 is 0. The van der Waals surface area contributed by atoms with Crippen molar-refractivity contribution < 1.29 is 29.1 Å². The number of rotatable bonds is 14. The summed E-state index contributed by atoms with van der Waals surface area (Å²) in [7, 11) is 0. The molecule has 4 amide bonds. The molecule has 3 rings (SSSR count). The molecule has 2 aromatic carbocycles. The van der Waals surface area contributed by atoms with Crippen LogP contribution in [-0.4, -0.2) is 63.9 Å². The Bertz CT molecular complexity index is 1390. The zero-order valence-electron chi connectivity index (χ0n) is 22.9. The number of primary amides is 1. The van der Waals surface area contributed by atoms with Gasteiger partial charge in [0.2, 0.25) is 23.6 Å². The number of amides is 4. The number of nitrogens with one attached hydrogen (secondary N) is 4. The van der Waals surface area contributed by atoms with Gasteiger partial charge in [0.25, 0.3) is 0 Å². The lowest BCUT2D eigenvalue weighted by Gasteiger charge is -2.25. The number of hydrogen-bond acceptors (Lipinski definition) is 6. The van der Waals surface area contributed by atoms with Crippen molar-refractivity contribution in [2.75, 3.05) is 0 Å². The summed E-state index contributed by atoms with van der Waals surface area (Å²) in [5.41, 5.74) is 13.9. The lowest BCUT2D eigenvalue weighted by atomic mass is 10.0. The summed E-state index contributed by atoms with van der Waals surface area (Å²) in [6, 6.07) is 11.7. The number of carboxylic acids is 1. The van der Waals surface area contributed by atoms with E-state index in [1.807, 2.05) is 54.6 Å². The molecule has 12 nitrogen and oxygen atoms in total. The number of H-pyrrole nitrogens is 1. The molecule has 0 radical (unpaired) electrons. The third-order valence-electron chi connectivity index (χ3n) is 6.64. The second-order valence-corrected chi connectivity index (χ2v) is 10.2. The van der Waals surface area contributed by atoms with Gasteiger partial charge >= 0.3 is 5.97 Å². The fourth-order valence-corrected chi connectivity index (χ4v) is 4.42. The van der Waals surface area contributed by atoms with Gasteiger partial charge in [-0.15, -0.1) is 0 Å². The third-order valence-corrected chi connectivity index (χ3v) is 6.64. The van der Waals surface area contributed by atoms with Crippen molar-refractivity contribution in [1.82, 2.24) is 20.9 Å². The average Bonchev–Trinajstić information content (AvgIpc) is 3.33. The SMILES string of the molecule is CC(C)C(NC(=O)C(CC(N)=O)NC(=O)C(Cc1c[nH]c2ccccc12)NC(=O)C(N)Cc1ccccc1)C(=O)O. The van der Waals surface area contributed by atoms with E-state index < -0.39 is 66.1 Å². The van der Waals surface area contributed by atoms with Crippen LogP contribution < -0.4 is 27.4 Å². The minimum Gasteiger partial charge on any atom is -0.480 e. The Morgan fingerprint density at radius 1 is 0.829 bits per heavy atom. The van der Waals surface area contributed by atoms with E-state index in [0.29, 0.717) is 0 Å². The monoisotopic (exact) mass is 564 g/mol. The maximum Gasteiger partial charge on any atom is 0.326 e. The van der Waals surface area contributed by atoms with Gasteiger partial charge < -0.3 is 37.5 Å². The molecular formula is C29H36N6O6. The third kappa shape index (κ3) is 8.64. The number of carbonyl (C=O) groups excluding carboxylic acids is 4. The maximum absolute atomic E-state index is 13.5. The molecule has 4 unspecified atom stereocenters. The van der Waals surface area contributed by atoms with Crippen LogP contribution in [0.4, 0.5) is 0 Å². The van der Waals surface area contributed by atoms with E-state index in [1.165, 1.54) is 0 Å². The van der Waals surface area contributed by atoms with E-state index in [9.17, 15) is 29.1 Å². The quantitative estimate of drug-likeness (QED) is 0.146. The fourth-order valence-electron chi connectivity index (χ4n) is 4.42. The molecule has 4 atom stereocenters. The number of aromatic amines is 1. The van der Waals surface area contributed by atoms with Gasteiger partial charge in [0.1, 0.15) is 18.1 Å². The Kier molecular flexibility index (Phi) is 10.6.